The van der Waals surface area contributed by atoms with Crippen LogP contribution in [0.15, 0.2) is 35.2 Å². The third kappa shape index (κ3) is 1.66. The van der Waals surface area contributed by atoms with Crippen molar-refractivity contribution in [3.05, 3.63) is 30.3 Å². The van der Waals surface area contributed by atoms with Crippen LogP contribution in [0.1, 0.15) is 0 Å². The molecule has 0 spiro atoms. The molecule has 0 saturated heterocycles. The maximum Gasteiger partial charge on any atom is 0.0264 e. The fourth-order valence-corrected chi connectivity index (χ4v) is 1.05. The summed E-state index contributed by atoms with van der Waals surface area (Å²) in [5, 5.41) is 0. The van der Waals surface area contributed by atoms with Crippen LogP contribution in [0.4, 0.5) is 0 Å². The van der Waals surface area contributed by atoms with E-state index >= 15 is 0 Å². The van der Waals surface area contributed by atoms with E-state index in [-0.39, 0.29) is 0 Å². The molecule has 1 aromatic rings. The SMILES string of the molecule is C=S(O)c1ccccc1. The predicted octanol–water partition coefficient (Wildman–Crippen LogP) is 2.22. The number of rotatable bonds is 1. The van der Waals surface area contributed by atoms with E-state index in [1.165, 1.54) is 0 Å². The average molecular weight is 140 g/mol. The van der Waals surface area contributed by atoms with Crippen molar-refractivity contribution < 1.29 is 4.55 Å². The maximum absolute atomic E-state index is 8.94. The first kappa shape index (κ1) is 6.52. The Balaban J connectivity index is 2.98. The molecule has 0 saturated carbocycles. The predicted molar refractivity (Wildman–Crippen MR) is 42.0 cm³/mol. The first-order chi connectivity index (χ1) is 4.30. The molecule has 0 amide bonds. The second-order valence-corrected chi connectivity index (χ2v) is 2.88. The van der Waals surface area contributed by atoms with Gasteiger partial charge in [0.15, 0.2) is 0 Å². The van der Waals surface area contributed by atoms with Crippen molar-refractivity contribution in [3.8, 4) is 0 Å². The maximum atomic E-state index is 8.94. The van der Waals surface area contributed by atoms with Gasteiger partial charge < -0.3 is 4.55 Å². The van der Waals surface area contributed by atoms with Crippen LogP contribution in [0.5, 0.6) is 0 Å². The molecule has 0 aliphatic heterocycles. The lowest BCUT2D eigenvalue weighted by molar-refractivity contribution is 0.661. The zero-order chi connectivity index (χ0) is 6.69. The van der Waals surface area contributed by atoms with Crippen LogP contribution in [0.3, 0.4) is 0 Å². The Kier molecular flexibility index (Phi) is 2.03. The highest BCUT2D eigenvalue weighted by Crippen LogP contribution is 2.17. The van der Waals surface area contributed by atoms with Gasteiger partial charge in [-0.2, -0.15) is 0 Å². The van der Waals surface area contributed by atoms with Crippen LogP contribution >= 0.6 is 10.8 Å². The van der Waals surface area contributed by atoms with Crippen LogP contribution in [0.2, 0.25) is 0 Å². The summed E-state index contributed by atoms with van der Waals surface area (Å²) in [7, 11) is -0.829. The highest BCUT2D eigenvalue weighted by Gasteiger charge is 1.86. The van der Waals surface area contributed by atoms with E-state index in [0.717, 1.165) is 4.90 Å². The molecule has 0 aromatic heterocycles. The minimum absolute atomic E-state index is 0.829. The second kappa shape index (κ2) is 2.80. The Morgan fingerprint density at radius 3 is 2.11 bits per heavy atom. The van der Waals surface area contributed by atoms with E-state index in [1.807, 2.05) is 30.3 Å². The van der Waals surface area contributed by atoms with Crippen LogP contribution in [-0.2, 0) is 0 Å². The van der Waals surface area contributed by atoms with Gasteiger partial charge in [-0.15, -0.1) is 0 Å². The van der Waals surface area contributed by atoms with E-state index in [2.05, 4.69) is 5.87 Å². The molecule has 9 heavy (non-hydrogen) atoms. The lowest BCUT2D eigenvalue weighted by Gasteiger charge is -1.95. The number of hydrogen-bond donors (Lipinski definition) is 1. The highest BCUT2D eigenvalue weighted by atomic mass is 32.2. The lowest BCUT2D eigenvalue weighted by atomic mass is 10.4. The first-order valence-corrected chi connectivity index (χ1v) is 3.94. The summed E-state index contributed by atoms with van der Waals surface area (Å²) in [4.78, 5) is 0.887. The summed E-state index contributed by atoms with van der Waals surface area (Å²) in [6, 6.07) is 9.40. The van der Waals surface area contributed by atoms with Gasteiger partial charge in [-0.05, 0) is 28.8 Å². The summed E-state index contributed by atoms with van der Waals surface area (Å²) in [5.74, 6) is 3.49. The van der Waals surface area contributed by atoms with Gasteiger partial charge in [0.25, 0.3) is 0 Å². The van der Waals surface area contributed by atoms with Crippen molar-refractivity contribution in [1.82, 2.24) is 0 Å². The molecule has 1 nitrogen and oxygen atoms in total. The zero-order valence-corrected chi connectivity index (χ0v) is 5.77. The van der Waals surface area contributed by atoms with Crippen molar-refractivity contribution in [2.75, 3.05) is 0 Å². The largest absolute Gasteiger partial charge is 0.333 e. The van der Waals surface area contributed by atoms with Crippen LogP contribution in [0, 0.1) is 0 Å². The van der Waals surface area contributed by atoms with Gasteiger partial charge in [0.05, 0.1) is 0 Å². The highest BCUT2D eigenvalue weighted by molar-refractivity contribution is 8.09. The Hall–Kier alpha value is -0.600. The molecular weight excluding hydrogens is 132 g/mol. The molecule has 2 heteroatoms. The summed E-state index contributed by atoms with van der Waals surface area (Å²) in [6.07, 6.45) is 0. The molecule has 1 rings (SSSR count). The molecule has 1 aromatic carbocycles. The van der Waals surface area contributed by atoms with Crippen molar-refractivity contribution in [2.45, 2.75) is 4.90 Å². The molecule has 1 N–H and O–H groups in total. The summed E-state index contributed by atoms with van der Waals surface area (Å²) >= 11 is 0. The van der Waals surface area contributed by atoms with Crippen molar-refractivity contribution >= 4 is 16.6 Å². The van der Waals surface area contributed by atoms with Crippen molar-refractivity contribution in [2.24, 2.45) is 0 Å². The fraction of sp³-hybridized carbons (Fsp3) is 0. The Bertz CT molecular complexity index is 205. The molecule has 48 valence electrons. The van der Waals surface area contributed by atoms with Crippen molar-refractivity contribution in [1.29, 1.82) is 0 Å². The van der Waals surface area contributed by atoms with E-state index in [9.17, 15) is 0 Å². The monoisotopic (exact) mass is 140 g/mol. The topological polar surface area (TPSA) is 20.2 Å². The summed E-state index contributed by atoms with van der Waals surface area (Å²) in [6.45, 7) is 0. The standard InChI is InChI=1S/C7H8OS/c1-9(8)7-5-3-2-4-6-7/h2-6,8H,1H2. The van der Waals surface area contributed by atoms with E-state index in [0.29, 0.717) is 0 Å². The number of hydrogen-bond acceptors (Lipinski definition) is 1. The van der Waals surface area contributed by atoms with E-state index < -0.39 is 10.8 Å². The zero-order valence-electron chi connectivity index (χ0n) is 4.95. The third-order valence-electron chi connectivity index (χ3n) is 1.02. The van der Waals surface area contributed by atoms with Crippen LogP contribution in [0.25, 0.3) is 0 Å². The van der Waals surface area contributed by atoms with E-state index in [1.54, 1.807) is 0 Å². The molecule has 0 aliphatic rings. The quantitative estimate of drug-likeness (QED) is 0.593. The molecule has 0 bridgehead atoms. The fourth-order valence-electron chi connectivity index (χ4n) is 0.578. The average Bonchev–Trinajstić information content (AvgIpc) is 1.90. The first-order valence-electron chi connectivity index (χ1n) is 2.59. The van der Waals surface area contributed by atoms with Gasteiger partial charge >= 0.3 is 0 Å². The molecule has 0 fully saturated rings. The van der Waals surface area contributed by atoms with Gasteiger partial charge in [-0.1, -0.05) is 18.2 Å². The van der Waals surface area contributed by atoms with Gasteiger partial charge in [0.1, 0.15) is 0 Å². The Labute approximate surface area is 57.1 Å². The van der Waals surface area contributed by atoms with Gasteiger partial charge in [-0.25, -0.2) is 0 Å². The van der Waals surface area contributed by atoms with Crippen molar-refractivity contribution in [3.63, 3.8) is 0 Å². The van der Waals surface area contributed by atoms with Gasteiger partial charge in [0, 0.05) is 4.90 Å². The summed E-state index contributed by atoms with van der Waals surface area (Å²) < 4.78 is 8.94. The summed E-state index contributed by atoms with van der Waals surface area (Å²) in [5.41, 5.74) is 0. The molecular formula is C7H8OS. The van der Waals surface area contributed by atoms with Gasteiger partial charge in [-0.3, -0.25) is 0 Å². The molecule has 0 aliphatic carbocycles. The molecule has 0 radical (unpaired) electrons. The molecule has 1 unspecified atom stereocenters. The Morgan fingerprint density at radius 1 is 1.22 bits per heavy atom. The molecule has 0 heterocycles. The normalized spacial score (nSPS) is 13.0. The van der Waals surface area contributed by atoms with E-state index in [4.69, 9.17) is 4.55 Å². The number of benzene rings is 1. The molecule has 1 atom stereocenters. The minimum atomic E-state index is -0.829. The smallest absolute Gasteiger partial charge is 0.0264 e. The Morgan fingerprint density at radius 2 is 1.78 bits per heavy atom. The van der Waals surface area contributed by atoms with Gasteiger partial charge in [0.2, 0.25) is 0 Å². The van der Waals surface area contributed by atoms with Crippen LogP contribution in [-0.4, -0.2) is 10.4 Å². The minimum Gasteiger partial charge on any atom is -0.333 e. The van der Waals surface area contributed by atoms with Crippen LogP contribution < -0.4 is 0 Å². The third-order valence-corrected chi connectivity index (χ3v) is 1.83. The lowest BCUT2D eigenvalue weighted by Crippen LogP contribution is -1.68. The second-order valence-electron chi connectivity index (χ2n) is 1.68.